The lowest BCUT2D eigenvalue weighted by atomic mass is 9.95. The van der Waals surface area contributed by atoms with E-state index in [0.29, 0.717) is 6.41 Å². The van der Waals surface area contributed by atoms with Crippen LogP contribution in [-0.4, -0.2) is 32.7 Å². The second kappa shape index (κ2) is 7.32. The summed E-state index contributed by atoms with van der Waals surface area (Å²) in [5.74, 6) is 0. The average molecular weight is 322 g/mol. The highest BCUT2D eigenvalue weighted by Gasteiger charge is 2.12. The Kier molecular flexibility index (Phi) is 4.96. The molecule has 3 rings (SSSR count). The van der Waals surface area contributed by atoms with Crippen LogP contribution in [0.1, 0.15) is 16.7 Å². The molecular formula is C20H22N2O2. The Morgan fingerprint density at radius 1 is 1.17 bits per heavy atom. The van der Waals surface area contributed by atoms with Gasteiger partial charge in [0.1, 0.15) is 0 Å². The molecule has 1 saturated heterocycles. The molecule has 0 spiro atoms. The third-order valence-corrected chi connectivity index (χ3v) is 4.38. The molecule has 24 heavy (non-hydrogen) atoms. The summed E-state index contributed by atoms with van der Waals surface area (Å²) in [6.45, 7) is 9.72. The van der Waals surface area contributed by atoms with E-state index < -0.39 is 0 Å². The predicted octanol–water partition coefficient (Wildman–Crippen LogP) is 3.46. The smallest absolute Gasteiger partial charge is 0.211 e. The Labute approximate surface area is 142 Å². The number of rotatable bonds is 5. The third kappa shape index (κ3) is 3.49. The minimum absolute atomic E-state index is 0.689. The van der Waals surface area contributed by atoms with Crippen molar-refractivity contribution in [3.63, 3.8) is 0 Å². The summed E-state index contributed by atoms with van der Waals surface area (Å²) in [5.41, 5.74) is 6.20. The molecule has 0 unspecified atom stereocenters. The fourth-order valence-electron chi connectivity index (χ4n) is 2.96. The minimum atomic E-state index is 0.689. The fraction of sp³-hybridized carbons (Fsp3) is 0.250. The van der Waals surface area contributed by atoms with Crippen molar-refractivity contribution in [3.05, 3.63) is 65.7 Å². The van der Waals surface area contributed by atoms with Crippen LogP contribution in [0.5, 0.6) is 0 Å². The van der Waals surface area contributed by atoms with E-state index in [1.165, 1.54) is 5.69 Å². The van der Waals surface area contributed by atoms with Crippen LogP contribution in [0.3, 0.4) is 0 Å². The van der Waals surface area contributed by atoms with Crippen molar-refractivity contribution in [2.45, 2.75) is 6.92 Å². The summed E-state index contributed by atoms with van der Waals surface area (Å²) in [4.78, 5) is 13.0. The topological polar surface area (TPSA) is 41.6 Å². The van der Waals surface area contributed by atoms with Gasteiger partial charge in [-0.05, 0) is 53.5 Å². The average Bonchev–Trinajstić information content (AvgIpc) is 2.64. The van der Waals surface area contributed by atoms with Crippen molar-refractivity contribution in [2.24, 2.45) is 0 Å². The number of amides is 1. The molecule has 124 valence electrons. The second-order valence-corrected chi connectivity index (χ2v) is 5.92. The quantitative estimate of drug-likeness (QED) is 0.857. The molecule has 1 aliphatic rings. The van der Waals surface area contributed by atoms with Gasteiger partial charge in [0.2, 0.25) is 6.41 Å². The first-order valence-electron chi connectivity index (χ1n) is 8.12. The predicted molar refractivity (Wildman–Crippen MR) is 98.5 cm³/mol. The molecule has 1 amide bonds. The molecule has 0 bridgehead atoms. The number of nitrogens with zero attached hydrogens (tertiary/aromatic N) is 1. The molecule has 2 aromatic rings. The molecule has 1 heterocycles. The standard InChI is InChI=1S/C20H22N2O2/c1-15-3-6-18(21-14-23)13-20(15)16(2)17-4-7-19(8-5-17)22-9-11-24-12-10-22/h3-8,13-14H,2,9-12H2,1H3,(H,21,23). The molecular weight excluding hydrogens is 300 g/mol. The lowest BCUT2D eigenvalue weighted by molar-refractivity contribution is -0.105. The Morgan fingerprint density at radius 2 is 1.88 bits per heavy atom. The van der Waals surface area contributed by atoms with Crippen molar-refractivity contribution in [3.8, 4) is 0 Å². The number of nitrogens with one attached hydrogen (secondary N) is 1. The van der Waals surface area contributed by atoms with E-state index in [9.17, 15) is 4.79 Å². The zero-order valence-electron chi connectivity index (χ0n) is 13.9. The van der Waals surface area contributed by atoms with E-state index >= 15 is 0 Å². The number of carbonyl (C=O) groups is 1. The zero-order valence-corrected chi connectivity index (χ0v) is 13.9. The molecule has 0 saturated carbocycles. The molecule has 4 nitrogen and oxygen atoms in total. The van der Waals surface area contributed by atoms with Crippen LogP contribution in [0.25, 0.3) is 5.57 Å². The first kappa shape index (κ1) is 16.3. The molecule has 2 aromatic carbocycles. The summed E-state index contributed by atoms with van der Waals surface area (Å²) in [7, 11) is 0. The molecule has 0 atom stereocenters. The van der Waals surface area contributed by atoms with Gasteiger partial charge in [0.15, 0.2) is 0 Å². The number of anilines is 2. The number of carbonyl (C=O) groups excluding carboxylic acids is 1. The Balaban J connectivity index is 1.82. The van der Waals surface area contributed by atoms with Crippen LogP contribution in [-0.2, 0) is 9.53 Å². The molecule has 1 N–H and O–H groups in total. The molecule has 1 fully saturated rings. The highest BCUT2D eigenvalue weighted by Crippen LogP contribution is 2.28. The summed E-state index contributed by atoms with van der Waals surface area (Å²) >= 11 is 0. The maximum Gasteiger partial charge on any atom is 0.211 e. The lowest BCUT2D eigenvalue weighted by Crippen LogP contribution is -2.36. The molecule has 0 radical (unpaired) electrons. The van der Waals surface area contributed by atoms with Gasteiger partial charge in [0.25, 0.3) is 0 Å². The number of benzene rings is 2. The van der Waals surface area contributed by atoms with Crippen molar-refractivity contribution in [1.82, 2.24) is 0 Å². The summed E-state index contributed by atoms with van der Waals surface area (Å²) in [5, 5.41) is 2.69. The second-order valence-electron chi connectivity index (χ2n) is 5.92. The van der Waals surface area contributed by atoms with Crippen molar-refractivity contribution in [2.75, 3.05) is 36.5 Å². The van der Waals surface area contributed by atoms with Gasteiger partial charge in [-0.3, -0.25) is 4.79 Å². The van der Waals surface area contributed by atoms with Gasteiger partial charge in [0, 0.05) is 24.5 Å². The Morgan fingerprint density at radius 3 is 2.54 bits per heavy atom. The van der Waals surface area contributed by atoms with Gasteiger partial charge in [0.05, 0.1) is 13.2 Å². The number of morpholine rings is 1. The SMILES string of the molecule is C=C(c1ccc(N2CCOCC2)cc1)c1cc(NC=O)ccc1C. The van der Waals surface area contributed by atoms with Gasteiger partial charge < -0.3 is 15.0 Å². The summed E-state index contributed by atoms with van der Waals surface area (Å²) in [6.07, 6.45) is 0.689. The Bertz CT molecular complexity index is 732. The minimum Gasteiger partial charge on any atom is -0.378 e. The van der Waals surface area contributed by atoms with Crippen LogP contribution in [0, 0.1) is 6.92 Å². The lowest BCUT2D eigenvalue weighted by Gasteiger charge is -2.29. The monoisotopic (exact) mass is 322 g/mol. The summed E-state index contributed by atoms with van der Waals surface area (Å²) < 4.78 is 5.40. The molecule has 1 aliphatic heterocycles. The largest absolute Gasteiger partial charge is 0.378 e. The van der Waals surface area contributed by atoms with E-state index in [1.807, 2.05) is 25.1 Å². The normalized spacial score (nSPS) is 14.3. The molecule has 0 aromatic heterocycles. The first-order chi connectivity index (χ1) is 11.7. The van der Waals surface area contributed by atoms with Crippen LogP contribution < -0.4 is 10.2 Å². The van der Waals surface area contributed by atoms with Crippen molar-refractivity contribution < 1.29 is 9.53 Å². The van der Waals surface area contributed by atoms with E-state index in [2.05, 4.69) is 41.1 Å². The Hall–Kier alpha value is -2.59. The third-order valence-electron chi connectivity index (χ3n) is 4.38. The first-order valence-corrected chi connectivity index (χ1v) is 8.12. The van der Waals surface area contributed by atoms with E-state index in [4.69, 9.17) is 4.74 Å². The molecule has 0 aliphatic carbocycles. The van der Waals surface area contributed by atoms with Crippen LogP contribution in [0.2, 0.25) is 0 Å². The number of hydrogen-bond acceptors (Lipinski definition) is 3. The maximum atomic E-state index is 10.7. The van der Waals surface area contributed by atoms with Crippen molar-refractivity contribution >= 4 is 23.4 Å². The highest BCUT2D eigenvalue weighted by molar-refractivity contribution is 5.83. The molecule has 4 heteroatoms. The number of aryl methyl sites for hydroxylation is 1. The van der Waals surface area contributed by atoms with Crippen LogP contribution in [0.15, 0.2) is 49.0 Å². The van der Waals surface area contributed by atoms with E-state index in [1.54, 1.807) is 0 Å². The van der Waals surface area contributed by atoms with Gasteiger partial charge >= 0.3 is 0 Å². The van der Waals surface area contributed by atoms with E-state index in [-0.39, 0.29) is 0 Å². The fourth-order valence-corrected chi connectivity index (χ4v) is 2.96. The van der Waals surface area contributed by atoms with Crippen LogP contribution in [0.4, 0.5) is 11.4 Å². The zero-order chi connectivity index (χ0) is 16.9. The van der Waals surface area contributed by atoms with Gasteiger partial charge in [-0.1, -0.05) is 24.8 Å². The van der Waals surface area contributed by atoms with E-state index in [0.717, 1.165) is 54.3 Å². The number of ether oxygens (including phenoxy) is 1. The maximum absolute atomic E-state index is 10.7. The van der Waals surface area contributed by atoms with Gasteiger partial charge in [-0.25, -0.2) is 0 Å². The van der Waals surface area contributed by atoms with Crippen molar-refractivity contribution in [1.29, 1.82) is 0 Å². The summed E-state index contributed by atoms with van der Waals surface area (Å²) in [6, 6.07) is 14.3. The van der Waals surface area contributed by atoms with Crippen LogP contribution >= 0.6 is 0 Å². The highest BCUT2D eigenvalue weighted by atomic mass is 16.5. The number of hydrogen-bond donors (Lipinski definition) is 1. The van der Waals surface area contributed by atoms with Gasteiger partial charge in [-0.2, -0.15) is 0 Å². The van der Waals surface area contributed by atoms with Gasteiger partial charge in [-0.15, -0.1) is 0 Å².